The summed E-state index contributed by atoms with van der Waals surface area (Å²) in [5.41, 5.74) is 1.74. The van der Waals surface area contributed by atoms with E-state index in [0.29, 0.717) is 12.1 Å². The van der Waals surface area contributed by atoms with Crippen molar-refractivity contribution in [1.29, 1.82) is 0 Å². The highest BCUT2D eigenvalue weighted by Crippen LogP contribution is 2.30. The van der Waals surface area contributed by atoms with E-state index in [4.69, 9.17) is 4.74 Å². The molecule has 2 aromatic rings. The Kier molecular flexibility index (Phi) is 6.46. The molecule has 9 heteroatoms. The van der Waals surface area contributed by atoms with Gasteiger partial charge in [-0.3, -0.25) is 14.6 Å². The van der Waals surface area contributed by atoms with Crippen molar-refractivity contribution in [3.8, 4) is 5.88 Å². The van der Waals surface area contributed by atoms with E-state index in [9.17, 15) is 22.8 Å². The number of hydrogen-bond donors (Lipinski definition) is 1. The highest BCUT2D eigenvalue weighted by Gasteiger charge is 2.29. The third-order valence-corrected chi connectivity index (χ3v) is 4.36. The maximum Gasteiger partial charge on any atom is 0.392 e. The molecule has 2 aromatic heterocycles. The van der Waals surface area contributed by atoms with Crippen LogP contribution in [0.2, 0.25) is 0 Å². The van der Waals surface area contributed by atoms with Crippen molar-refractivity contribution in [2.45, 2.75) is 38.4 Å². The first-order valence-electron chi connectivity index (χ1n) is 9.20. The van der Waals surface area contributed by atoms with Gasteiger partial charge in [-0.05, 0) is 36.6 Å². The number of rotatable bonds is 9. The molecule has 0 bridgehead atoms. The zero-order valence-electron chi connectivity index (χ0n) is 15.5. The Balaban J connectivity index is 1.48. The number of nitrogens with one attached hydrogen (secondary N) is 1. The third-order valence-electron chi connectivity index (χ3n) is 4.36. The molecule has 1 saturated carbocycles. The second-order valence-electron chi connectivity index (χ2n) is 6.85. The summed E-state index contributed by atoms with van der Waals surface area (Å²) in [5.74, 6) is 0.00652. The fourth-order valence-corrected chi connectivity index (χ4v) is 2.62. The van der Waals surface area contributed by atoms with Gasteiger partial charge in [0.1, 0.15) is 5.78 Å². The molecule has 1 aliphatic rings. The van der Waals surface area contributed by atoms with E-state index in [1.54, 1.807) is 18.3 Å². The van der Waals surface area contributed by atoms with Crippen LogP contribution in [0.25, 0.3) is 0 Å². The number of carbonyl (C=O) groups is 2. The van der Waals surface area contributed by atoms with Crippen LogP contribution in [0, 0.1) is 5.92 Å². The topological polar surface area (TPSA) is 81.2 Å². The van der Waals surface area contributed by atoms with E-state index in [0.717, 1.165) is 18.4 Å². The van der Waals surface area contributed by atoms with Gasteiger partial charge in [0.2, 0.25) is 5.88 Å². The molecule has 1 aliphatic carbocycles. The van der Waals surface area contributed by atoms with E-state index >= 15 is 0 Å². The van der Waals surface area contributed by atoms with Crippen LogP contribution >= 0.6 is 0 Å². The average molecular weight is 407 g/mol. The molecule has 1 N–H and O–H groups in total. The van der Waals surface area contributed by atoms with Gasteiger partial charge in [0.05, 0.1) is 18.6 Å². The first-order valence-corrected chi connectivity index (χ1v) is 9.20. The molecule has 1 fully saturated rings. The van der Waals surface area contributed by atoms with Crippen molar-refractivity contribution in [1.82, 2.24) is 15.3 Å². The molecular weight excluding hydrogens is 387 g/mol. The molecule has 3 rings (SSSR count). The van der Waals surface area contributed by atoms with Crippen LogP contribution in [-0.4, -0.2) is 34.4 Å². The lowest BCUT2D eigenvalue weighted by Gasteiger charge is -2.09. The van der Waals surface area contributed by atoms with Crippen molar-refractivity contribution in [3.05, 3.63) is 53.5 Å². The number of Topliss-reactive ketones (excluding diaryl/α,β-unsaturated/α-hetero) is 1. The first-order chi connectivity index (χ1) is 13.8. The summed E-state index contributed by atoms with van der Waals surface area (Å²) < 4.78 is 41.2. The van der Waals surface area contributed by atoms with Crippen LogP contribution in [0.15, 0.2) is 36.7 Å². The fraction of sp³-hybridized carbons (Fsp3) is 0.400. The number of ketones is 1. The zero-order chi connectivity index (χ0) is 20.9. The van der Waals surface area contributed by atoms with Gasteiger partial charge in [-0.2, -0.15) is 13.2 Å². The molecule has 0 spiro atoms. The van der Waals surface area contributed by atoms with Crippen LogP contribution in [-0.2, 0) is 17.8 Å². The Morgan fingerprint density at radius 1 is 1.17 bits per heavy atom. The minimum absolute atomic E-state index is 0.0184. The Bertz CT molecular complexity index is 865. The van der Waals surface area contributed by atoms with Crippen molar-refractivity contribution < 1.29 is 27.5 Å². The Hall–Kier alpha value is -2.97. The Morgan fingerprint density at radius 3 is 2.62 bits per heavy atom. The average Bonchev–Trinajstić information content (AvgIpc) is 3.51. The number of amides is 1. The highest BCUT2D eigenvalue weighted by molar-refractivity contribution is 5.93. The van der Waals surface area contributed by atoms with Crippen molar-refractivity contribution in [3.63, 3.8) is 0 Å². The van der Waals surface area contributed by atoms with E-state index in [1.807, 2.05) is 0 Å². The van der Waals surface area contributed by atoms with Crippen molar-refractivity contribution in [2.24, 2.45) is 5.92 Å². The van der Waals surface area contributed by atoms with Crippen LogP contribution in [0.4, 0.5) is 13.2 Å². The van der Waals surface area contributed by atoms with Gasteiger partial charge in [-0.25, -0.2) is 4.98 Å². The number of ether oxygens (including phenoxy) is 1. The number of alkyl halides is 3. The van der Waals surface area contributed by atoms with Gasteiger partial charge in [-0.1, -0.05) is 0 Å². The second kappa shape index (κ2) is 9.02. The van der Waals surface area contributed by atoms with Gasteiger partial charge in [0.25, 0.3) is 5.91 Å². The van der Waals surface area contributed by atoms with Gasteiger partial charge in [0.15, 0.2) is 0 Å². The third kappa shape index (κ3) is 6.85. The predicted molar refractivity (Wildman–Crippen MR) is 97.2 cm³/mol. The molecule has 0 atom stereocenters. The molecule has 154 valence electrons. The van der Waals surface area contributed by atoms with Gasteiger partial charge in [0, 0.05) is 43.0 Å². The number of pyridine rings is 2. The number of aromatic nitrogens is 2. The molecule has 2 heterocycles. The van der Waals surface area contributed by atoms with Crippen molar-refractivity contribution >= 4 is 11.7 Å². The quantitative estimate of drug-likeness (QED) is 0.690. The summed E-state index contributed by atoms with van der Waals surface area (Å²) in [6.07, 6.45) is -0.319. The summed E-state index contributed by atoms with van der Waals surface area (Å²) in [6.45, 7) is -0.286. The normalized spacial score (nSPS) is 13.8. The summed E-state index contributed by atoms with van der Waals surface area (Å²) in [4.78, 5) is 32.2. The molecule has 0 saturated heterocycles. The standard InChI is InChI=1S/C20H20F3N3O3/c21-20(22,23)6-8-29-18-4-3-15(12-25-18)19(28)26-11-13-5-7-24-16(9-13)10-17(27)14-1-2-14/h3-5,7,9,12,14H,1-2,6,8,10-11H2,(H,26,28). The molecule has 29 heavy (non-hydrogen) atoms. The molecule has 0 radical (unpaired) electrons. The highest BCUT2D eigenvalue weighted by atomic mass is 19.4. The second-order valence-corrected chi connectivity index (χ2v) is 6.85. The number of hydrogen-bond acceptors (Lipinski definition) is 5. The monoisotopic (exact) mass is 407 g/mol. The van der Waals surface area contributed by atoms with Gasteiger partial charge >= 0.3 is 6.18 Å². The maximum absolute atomic E-state index is 12.2. The fourth-order valence-electron chi connectivity index (χ4n) is 2.62. The van der Waals surface area contributed by atoms with E-state index < -0.39 is 19.2 Å². The van der Waals surface area contributed by atoms with Gasteiger partial charge < -0.3 is 10.1 Å². The molecular formula is C20H20F3N3O3. The minimum Gasteiger partial charge on any atom is -0.477 e. The van der Waals surface area contributed by atoms with Crippen LogP contribution in [0.1, 0.15) is 40.9 Å². The van der Waals surface area contributed by atoms with Crippen LogP contribution in [0.5, 0.6) is 5.88 Å². The summed E-state index contributed by atoms with van der Waals surface area (Å²) in [7, 11) is 0. The van der Waals surface area contributed by atoms with Crippen LogP contribution < -0.4 is 10.1 Å². The van der Waals surface area contributed by atoms with Gasteiger partial charge in [-0.15, -0.1) is 0 Å². The lowest BCUT2D eigenvalue weighted by molar-refractivity contribution is -0.139. The lowest BCUT2D eigenvalue weighted by Crippen LogP contribution is -2.23. The molecule has 0 unspecified atom stereocenters. The number of halogens is 3. The Morgan fingerprint density at radius 2 is 1.97 bits per heavy atom. The van der Waals surface area contributed by atoms with Crippen molar-refractivity contribution in [2.75, 3.05) is 6.61 Å². The minimum atomic E-state index is -4.29. The summed E-state index contributed by atoms with van der Waals surface area (Å²) >= 11 is 0. The van der Waals surface area contributed by atoms with E-state index in [1.165, 1.54) is 18.3 Å². The molecule has 0 aromatic carbocycles. The van der Waals surface area contributed by atoms with Crippen LogP contribution in [0.3, 0.4) is 0 Å². The predicted octanol–water partition coefficient (Wildman–Crippen LogP) is 3.26. The number of nitrogens with zero attached hydrogens (tertiary/aromatic N) is 2. The lowest BCUT2D eigenvalue weighted by atomic mass is 10.1. The molecule has 6 nitrogen and oxygen atoms in total. The molecule has 0 aliphatic heterocycles. The summed E-state index contributed by atoms with van der Waals surface area (Å²) in [6, 6.07) is 6.31. The largest absolute Gasteiger partial charge is 0.477 e. The molecule has 1 amide bonds. The SMILES string of the molecule is O=C(NCc1ccnc(CC(=O)C2CC2)c1)c1ccc(OCCC(F)(F)F)nc1. The maximum atomic E-state index is 12.2. The zero-order valence-corrected chi connectivity index (χ0v) is 15.5. The summed E-state index contributed by atoms with van der Waals surface area (Å²) in [5, 5.41) is 2.73. The Labute approximate surface area is 165 Å². The van der Waals surface area contributed by atoms with E-state index in [-0.39, 0.29) is 35.6 Å². The smallest absolute Gasteiger partial charge is 0.392 e. The van der Waals surface area contributed by atoms with E-state index in [2.05, 4.69) is 15.3 Å². The first kappa shape index (κ1) is 20.8. The number of carbonyl (C=O) groups excluding carboxylic acids is 2.